The van der Waals surface area contributed by atoms with Crippen LogP contribution in [0.2, 0.25) is 0 Å². The van der Waals surface area contributed by atoms with Gasteiger partial charge in [0.15, 0.2) is 11.5 Å². The maximum absolute atomic E-state index is 13.3. The Kier molecular flexibility index (Phi) is 6.82. The van der Waals surface area contributed by atoms with E-state index < -0.39 is 0 Å². The highest BCUT2D eigenvalue weighted by atomic mass is 35.5. The summed E-state index contributed by atoms with van der Waals surface area (Å²) in [5.74, 6) is 1.86. The van der Waals surface area contributed by atoms with Gasteiger partial charge in [-0.3, -0.25) is 9.69 Å². The number of nitrogens with two attached hydrogens (primary N) is 1. The van der Waals surface area contributed by atoms with Crippen LogP contribution in [0, 0.1) is 11.7 Å². The predicted molar refractivity (Wildman–Crippen MR) is 108 cm³/mol. The summed E-state index contributed by atoms with van der Waals surface area (Å²) in [7, 11) is 0. The summed E-state index contributed by atoms with van der Waals surface area (Å²) in [6.07, 6.45) is 0.855. The number of piperidine rings is 1. The minimum atomic E-state index is -0.337. The van der Waals surface area contributed by atoms with Crippen molar-refractivity contribution in [2.24, 2.45) is 11.7 Å². The summed E-state index contributed by atoms with van der Waals surface area (Å²) in [5, 5.41) is 0. The molecule has 0 aromatic heterocycles. The fourth-order valence-corrected chi connectivity index (χ4v) is 3.96. The van der Waals surface area contributed by atoms with Gasteiger partial charge in [-0.2, -0.15) is 0 Å². The fraction of sp³-hybridized carbons (Fsp3) is 0.381. The highest BCUT2D eigenvalue weighted by Crippen LogP contribution is 2.37. The molecule has 2 atom stereocenters. The number of fused-ring (bicyclic) bond motifs is 1. The molecule has 8 heteroatoms. The molecule has 0 saturated carbocycles. The Morgan fingerprint density at radius 2 is 1.93 bits per heavy atom. The summed E-state index contributed by atoms with van der Waals surface area (Å²) in [4.78, 5) is 13.4. The van der Waals surface area contributed by atoms with Crippen molar-refractivity contribution in [2.75, 3.05) is 33.0 Å². The number of nitrogens with zero attached hydrogens (tertiary/aromatic N) is 1. The van der Waals surface area contributed by atoms with E-state index in [1.165, 1.54) is 12.1 Å². The van der Waals surface area contributed by atoms with E-state index in [0.29, 0.717) is 30.4 Å². The SMILES string of the molecule is Cl.NC(=O)CN1CC[C@@H](c2ccc(F)cc2)[C@H](COc2ccc3c(c2)OCO3)C1. The quantitative estimate of drug-likeness (QED) is 0.774. The summed E-state index contributed by atoms with van der Waals surface area (Å²) >= 11 is 0. The van der Waals surface area contributed by atoms with Crippen LogP contribution in [-0.4, -0.2) is 43.8 Å². The second-order valence-electron chi connectivity index (χ2n) is 7.23. The molecule has 2 aromatic rings. The van der Waals surface area contributed by atoms with Crippen molar-refractivity contribution in [3.63, 3.8) is 0 Å². The number of amides is 1. The second-order valence-corrected chi connectivity index (χ2v) is 7.23. The van der Waals surface area contributed by atoms with Crippen LogP contribution in [0.25, 0.3) is 0 Å². The van der Waals surface area contributed by atoms with Crippen molar-refractivity contribution in [3.8, 4) is 17.2 Å². The van der Waals surface area contributed by atoms with Crippen molar-refractivity contribution in [2.45, 2.75) is 12.3 Å². The van der Waals surface area contributed by atoms with Crippen LogP contribution in [0.3, 0.4) is 0 Å². The van der Waals surface area contributed by atoms with E-state index in [-0.39, 0.29) is 49.3 Å². The molecule has 2 aromatic carbocycles. The summed E-state index contributed by atoms with van der Waals surface area (Å²) < 4.78 is 30.1. The molecule has 2 aliphatic heterocycles. The number of rotatable bonds is 6. The van der Waals surface area contributed by atoms with Gasteiger partial charge in [-0.25, -0.2) is 4.39 Å². The summed E-state index contributed by atoms with van der Waals surface area (Å²) in [6.45, 7) is 2.38. The number of carbonyl (C=O) groups is 1. The average Bonchev–Trinajstić information content (AvgIpc) is 3.15. The van der Waals surface area contributed by atoms with Crippen LogP contribution < -0.4 is 19.9 Å². The molecular weight excluding hydrogens is 399 g/mol. The smallest absolute Gasteiger partial charge is 0.231 e. The van der Waals surface area contributed by atoms with Gasteiger partial charge in [0.05, 0.1) is 13.2 Å². The lowest BCUT2D eigenvalue weighted by molar-refractivity contribution is -0.119. The largest absolute Gasteiger partial charge is 0.493 e. The minimum absolute atomic E-state index is 0. The van der Waals surface area contributed by atoms with Gasteiger partial charge in [-0.15, -0.1) is 12.4 Å². The topological polar surface area (TPSA) is 74.0 Å². The summed E-state index contributed by atoms with van der Waals surface area (Å²) in [5.41, 5.74) is 6.45. The standard InChI is InChI=1S/C21H23FN2O4.ClH/c22-16-3-1-14(2-4-16)18-7-8-24(11-21(23)25)10-15(18)12-26-17-5-6-19-20(9-17)28-13-27-19;/h1-6,9,15,18H,7-8,10-13H2,(H2,23,25);1H/t15-,18-;/m0./s1. The monoisotopic (exact) mass is 422 g/mol. The number of halogens is 2. The van der Waals surface area contributed by atoms with Crippen LogP contribution >= 0.6 is 12.4 Å². The maximum Gasteiger partial charge on any atom is 0.231 e. The Morgan fingerprint density at radius 1 is 1.17 bits per heavy atom. The highest BCUT2D eigenvalue weighted by Gasteiger charge is 2.31. The normalized spacial score (nSPS) is 20.7. The first-order valence-corrected chi connectivity index (χ1v) is 9.37. The molecule has 0 aliphatic carbocycles. The first-order valence-electron chi connectivity index (χ1n) is 9.37. The molecule has 1 saturated heterocycles. The molecule has 0 unspecified atom stereocenters. The third-order valence-electron chi connectivity index (χ3n) is 5.30. The number of hydrogen-bond donors (Lipinski definition) is 1. The van der Waals surface area contributed by atoms with Crippen molar-refractivity contribution < 1.29 is 23.4 Å². The van der Waals surface area contributed by atoms with Gasteiger partial charge in [0.2, 0.25) is 12.7 Å². The Balaban J connectivity index is 0.00000240. The zero-order valence-corrected chi connectivity index (χ0v) is 16.7. The number of primary amides is 1. The van der Waals surface area contributed by atoms with E-state index in [1.54, 1.807) is 0 Å². The third-order valence-corrected chi connectivity index (χ3v) is 5.30. The van der Waals surface area contributed by atoms with Crippen molar-refractivity contribution in [1.29, 1.82) is 0 Å². The summed E-state index contributed by atoms with van der Waals surface area (Å²) in [6, 6.07) is 12.1. The maximum atomic E-state index is 13.3. The van der Waals surface area contributed by atoms with Gasteiger partial charge in [-0.1, -0.05) is 12.1 Å². The molecule has 1 amide bonds. The minimum Gasteiger partial charge on any atom is -0.493 e. The molecule has 2 heterocycles. The molecule has 2 N–H and O–H groups in total. The molecule has 2 aliphatic rings. The molecule has 6 nitrogen and oxygen atoms in total. The van der Waals surface area contributed by atoms with Crippen LogP contribution in [0.4, 0.5) is 4.39 Å². The Morgan fingerprint density at radius 3 is 2.69 bits per heavy atom. The molecule has 156 valence electrons. The van der Waals surface area contributed by atoms with Gasteiger partial charge < -0.3 is 19.9 Å². The molecular formula is C21H24ClFN2O4. The first-order chi connectivity index (χ1) is 13.6. The van der Waals surface area contributed by atoms with Gasteiger partial charge in [-0.05, 0) is 48.7 Å². The number of hydrogen-bond acceptors (Lipinski definition) is 5. The van der Waals surface area contributed by atoms with E-state index in [1.807, 2.05) is 30.3 Å². The van der Waals surface area contributed by atoms with Crippen molar-refractivity contribution in [1.82, 2.24) is 4.90 Å². The highest BCUT2D eigenvalue weighted by molar-refractivity contribution is 5.85. The van der Waals surface area contributed by atoms with Gasteiger partial charge in [0, 0.05) is 18.5 Å². The van der Waals surface area contributed by atoms with E-state index in [2.05, 4.69) is 4.90 Å². The van der Waals surface area contributed by atoms with E-state index in [0.717, 1.165) is 18.5 Å². The molecule has 0 radical (unpaired) electrons. The lowest BCUT2D eigenvalue weighted by Crippen LogP contribution is -2.45. The Labute approximate surface area is 175 Å². The van der Waals surface area contributed by atoms with Gasteiger partial charge in [0.1, 0.15) is 11.6 Å². The molecule has 29 heavy (non-hydrogen) atoms. The zero-order valence-electron chi connectivity index (χ0n) is 15.9. The van der Waals surface area contributed by atoms with Crippen LogP contribution in [0.1, 0.15) is 17.9 Å². The fourth-order valence-electron chi connectivity index (χ4n) is 3.96. The zero-order chi connectivity index (χ0) is 19.5. The average molecular weight is 423 g/mol. The van der Waals surface area contributed by atoms with E-state index in [9.17, 15) is 9.18 Å². The number of ether oxygens (including phenoxy) is 3. The second kappa shape index (κ2) is 9.33. The van der Waals surface area contributed by atoms with Crippen LogP contribution in [-0.2, 0) is 4.79 Å². The van der Waals surface area contributed by atoms with E-state index in [4.69, 9.17) is 19.9 Å². The van der Waals surface area contributed by atoms with Crippen molar-refractivity contribution >= 4 is 18.3 Å². The first kappa shape index (κ1) is 21.2. The number of benzene rings is 2. The lowest BCUT2D eigenvalue weighted by atomic mass is 9.81. The lowest BCUT2D eigenvalue weighted by Gasteiger charge is -2.38. The molecule has 0 spiro atoms. The Bertz CT molecular complexity index is 849. The predicted octanol–water partition coefficient (Wildman–Crippen LogP) is 2.95. The van der Waals surface area contributed by atoms with Crippen LogP contribution in [0.5, 0.6) is 17.2 Å². The molecule has 0 bridgehead atoms. The van der Waals surface area contributed by atoms with E-state index >= 15 is 0 Å². The number of likely N-dealkylation sites (tertiary alicyclic amines) is 1. The molecule has 1 fully saturated rings. The van der Waals surface area contributed by atoms with Crippen LogP contribution in [0.15, 0.2) is 42.5 Å². The van der Waals surface area contributed by atoms with Gasteiger partial charge in [0.25, 0.3) is 0 Å². The number of carbonyl (C=O) groups excluding carboxylic acids is 1. The van der Waals surface area contributed by atoms with Gasteiger partial charge >= 0.3 is 0 Å². The Hall–Kier alpha value is -2.51. The molecule has 4 rings (SSSR count). The third kappa shape index (κ3) is 5.10. The van der Waals surface area contributed by atoms with Crippen molar-refractivity contribution in [3.05, 3.63) is 53.8 Å².